The van der Waals surface area contributed by atoms with Crippen molar-refractivity contribution in [2.45, 2.75) is 13.1 Å². The minimum atomic E-state index is -0.373. The summed E-state index contributed by atoms with van der Waals surface area (Å²) in [4.78, 5) is 14.1. The van der Waals surface area contributed by atoms with Crippen molar-refractivity contribution in [1.82, 2.24) is 4.90 Å². The zero-order valence-electron chi connectivity index (χ0n) is 10.9. The molecule has 0 spiro atoms. The van der Waals surface area contributed by atoms with Gasteiger partial charge < -0.3 is 4.90 Å². The molecule has 0 unspecified atom stereocenters. The molecule has 0 bridgehead atoms. The fourth-order valence-corrected chi connectivity index (χ4v) is 3.25. The maximum atomic E-state index is 13.6. The lowest BCUT2D eigenvalue weighted by atomic mass is 10.1. The number of amides is 1. The minimum Gasteiger partial charge on any atom is -0.330 e. The summed E-state index contributed by atoms with van der Waals surface area (Å²) in [5.74, 6) is -0.552. The molecule has 21 heavy (non-hydrogen) atoms. The van der Waals surface area contributed by atoms with E-state index in [2.05, 4.69) is 6.07 Å². The van der Waals surface area contributed by atoms with Gasteiger partial charge in [0.25, 0.3) is 5.91 Å². The second kappa shape index (κ2) is 5.45. The minimum absolute atomic E-state index is 0.179. The summed E-state index contributed by atoms with van der Waals surface area (Å²) in [5.41, 5.74) is 2.64. The van der Waals surface area contributed by atoms with Crippen LogP contribution in [0.15, 0.2) is 36.4 Å². The molecular weight excluding hydrogens is 382 g/mol. The molecule has 0 radical (unpaired) electrons. The molecule has 1 aliphatic rings. The van der Waals surface area contributed by atoms with Crippen molar-refractivity contribution in [1.29, 1.82) is 5.26 Å². The van der Waals surface area contributed by atoms with Crippen molar-refractivity contribution in [3.63, 3.8) is 0 Å². The van der Waals surface area contributed by atoms with Crippen LogP contribution in [-0.2, 0) is 13.1 Å². The van der Waals surface area contributed by atoms with Crippen molar-refractivity contribution in [2.75, 3.05) is 0 Å². The molecule has 0 atom stereocenters. The lowest BCUT2D eigenvalue weighted by Gasteiger charge is -2.16. The first-order valence-corrected chi connectivity index (χ1v) is 7.44. The Balaban J connectivity index is 1.93. The predicted octanol–water partition coefficient (Wildman–Crippen LogP) is 3.46. The van der Waals surface area contributed by atoms with Gasteiger partial charge in [-0.1, -0.05) is 24.3 Å². The van der Waals surface area contributed by atoms with Gasteiger partial charge >= 0.3 is 0 Å². The molecule has 1 amide bonds. The summed E-state index contributed by atoms with van der Waals surface area (Å²) >= 11 is 1.87. The Labute approximate surface area is 135 Å². The van der Waals surface area contributed by atoms with Gasteiger partial charge in [0.2, 0.25) is 0 Å². The quantitative estimate of drug-likeness (QED) is 0.735. The first kappa shape index (κ1) is 14.0. The van der Waals surface area contributed by atoms with Gasteiger partial charge in [-0.2, -0.15) is 5.26 Å². The summed E-state index contributed by atoms with van der Waals surface area (Å²) in [7, 11) is 0. The van der Waals surface area contributed by atoms with E-state index in [0.717, 1.165) is 11.1 Å². The number of halogens is 2. The number of benzene rings is 2. The average Bonchev–Trinajstić information content (AvgIpc) is 2.81. The van der Waals surface area contributed by atoms with Gasteiger partial charge in [-0.15, -0.1) is 0 Å². The fourth-order valence-electron chi connectivity index (χ4n) is 2.49. The van der Waals surface area contributed by atoms with E-state index >= 15 is 0 Å². The highest BCUT2D eigenvalue weighted by Gasteiger charge is 2.31. The van der Waals surface area contributed by atoms with Crippen LogP contribution in [0.4, 0.5) is 4.39 Å². The summed E-state index contributed by atoms with van der Waals surface area (Å²) in [6.45, 7) is 0.805. The third kappa shape index (κ3) is 2.40. The molecule has 0 saturated carbocycles. The molecule has 2 aromatic carbocycles. The Morgan fingerprint density at radius 2 is 2.05 bits per heavy atom. The van der Waals surface area contributed by atoms with E-state index in [0.29, 0.717) is 27.8 Å². The number of rotatable bonds is 2. The van der Waals surface area contributed by atoms with Gasteiger partial charge in [-0.3, -0.25) is 4.79 Å². The first-order valence-electron chi connectivity index (χ1n) is 6.36. The van der Waals surface area contributed by atoms with E-state index in [1.165, 1.54) is 6.07 Å². The standard InChI is InChI=1S/C16H10FIN2O/c17-13-6-5-12-9-20(16(21)14(12)15(13)18)8-11-4-2-1-3-10(11)7-19/h1-6H,8-9H2. The maximum Gasteiger partial charge on any atom is 0.255 e. The van der Waals surface area contributed by atoms with E-state index in [4.69, 9.17) is 5.26 Å². The number of nitrogens with zero attached hydrogens (tertiary/aromatic N) is 2. The summed E-state index contributed by atoms with van der Waals surface area (Å²) in [6, 6.07) is 12.4. The Bertz CT molecular complexity index is 782. The summed E-state index contributed by atoms with van der Waals surface area (Å²) < 4.78 is 14.0. The van der Waals surface area contributed by atoms with Crippen LogP contribution < -0.4 is 0 Å². The lowest BCUT2D eigenvalue weighted by Crippen LogP contribution is -2.24. The summed E-state index contributed by atoms with van der Waals surface area (Å²) in [6.07, 6.45) is 0. The third-order valence-corrected chi connectivity index (χ3v) is 4.60. The number of carbonyl (C=O) groups is 1. The van der Waals surface area contributed by atoms with Crippen LogP contribution in [0.1, 0.15) is 27.0 Å². The Morgan fingerprint density at radius 1 is 1.29 bits per heavy atom. The highest BCUT2D eigenvalue weighted by atomic mass is 127. The number of hydrogen-bond donors (Lipinski definition) is 0. The van der Waals surface area contributed by atoms with Gasteiger partial charge in [-0.25, -0.2) is 4.39 Å². The van der Waals surface area contributed by atoms with Gasteiger partial charge in [0.1, 0.15) is 5.82 Å². The highest BCUT2D eigenvalue weighted by Crippen LogP contribution is 2.30. The molecule has 0 aliphatic carbocycles. The van der Waals surface area contributed by atoms with Crippen LogP contribution in [0.5, 0.6) is 0 Å². The molecule has 1 heterocycles. The van der Waals surface area contributed by atoms with E-state index in [-0.39, 0.29) is 11.7 Å². The van der Waals surface area contributed by atoms with Gasteiger partial charge in [-0.05, 0) is 45.9 Å². The molecule has 3 rings (SSSR count). The van der Waals surface area contributed by atoms with Crippen molar-refractivity contribution < 1.29 is 9.18 Å². The van der Waals surface area contributed by atoms with E-state index in [9.17, 15) is 9.18 Å². The fraction of sp³-hybridized carbons (Fsp3) is 0.125. The third-order valence-electron chi connectivity index (χ3n) is 3.54. The first-order chi connectivity index (χ1) is 10.1. The van der Waals surface area contributed by atoms with Crippen LogP contribution in [0.2, 0.25) is 0 Å². The van der Waals surface area contributed by atoms with Crippen molar-refractivity contribution in [2.24, 2.45) is 0 Å². The molecule has 0 N–H and O–H groups in total. The van der Waals surface area contributed by atoms with Crippen LogP contribution >= 0.6 is 22.6 Å². The highest BCUT2D eigenvalue weighted by molar-refractivity contribution is 14.1. The molecule has 0 saturated heterocycles. The van der Waals surface area contributed by atoms with E-state index < -0.39 is 0 Å². The molecular formula is C16H10FIN2O. The van der Waals surface area contributed by atoms with Crippen LogP contribution in [0, 0.1) is 20.7 Å². The van der Waals surface area contributed by atoms with Gasteiger partial charge in [0, 0.05) is 13.1 Å². The Morgan fingerprint density at radius 3 is 2.81 bits per heavy atom. The molecule has 104 valence electrons. The largest absolute Gasteiger partial charge is 0.330 e. The monoisotopic (exact) mass is 392 g/mol. The predicted molar refractivity (Wildman–Crippen MR) is 83.9 cm³/mol. The molecule has 0 fully saturated rings. The van der Waals surface area contributed by atoms with Crippen molar-refractivity contribution >= 4 is 28.5 Å². The van der Waals surface area contributed by atoms with Crippen molar-refractivity contribution in [3.8, 4) is 6.07 Å². The number of nitriles is 1. The van der Waals surface area contributed by atoms with Crippen LogP contribution in [0.25, 0.3) is 0 Å². The smallest absolute Gasteiger partial charge is 0.255 e. The number of fused-ring (bicyclic) bond motifs is 1. The zero-order valence-corrected chi connectivity index (χ0v) is 13.1. The summed E-state index contributed by atoms with van der Waals surface area (Å²) in [5, 5.41) is 9.11. The Kier molecular flexibility index (Phi) is 3.64. The molecule has 3 nitrogen and oxygen atoms in total. The van der Waals surface area contributed by atoms with E-state index in [1.807, 2.05) is 34.7 Å². The van der Waals surface area contributed by atoms with Crippen LogP contribution in [0.3, 0.4) is 0 Å². The second-order valence-corrected chi connectivity index (χ2v) is 5.90. The molecule has 0 aromatic heterocycles. The Hall–Kier alpha value is -1.94. The number of hydrogen-bond acceptors (Lipinski definition) is 2. The van der Waals surface area contributed by atoms with E-state index in [1.54, 1.807) is 23.1 Å². The maximum absolute atomic E-state index is 13.6. The molecule has 1 aliphatic heterocycles. The molecule has 5 heteroatoms. The zero-order chi connectivity index (χ0) is 15.0. The van der Waals surface area contributed by atoms with Crippen molar-refractivity contribution in [3.05, 3.63) is 68.0 Å². The topological polar surface area (TPSA) is 44.1 Å². The normalized spacial score (nSPS) is 13.2. The average molecular weight is 392 g/mol. The second-order valence-electron chi connectivity index (χ2n) is 4.83. The van der Waals surface area contributed by atoms with Gasteiger partial charge in [0.05, 0.1) is 20.8 Å². The van der Waals surface area contributed by atoms with Crippen LogP contribution in [-0.4, -0.2) is 10.8 Å². The molecule has 2 aromatic rings. The number of carbonyl (C=O) groups excluding carboxylic acids is 1. The van der Waals surface area contributed by atoms with Gasteiger partial charge in [0.15, 0.2) is 0 Å². The SMILES string of the molecule is N#Cc1ccccc1CN1Cc2ccc(F)c(I)c2C1=O. The lowest BCUT2D eigenvalue weighted by molar-refractivity contribution is 0.0765.